The van der Waals surface area contributed by atoms with E-state index >= 15 is 0 Å². The highest BCUT2D eigenvalue weighted by Gasteiger charge is 2.24. The SMILES string of the molecule is CC(=O)NC(C)c1ccc(OC2CCN(c3ccc(OC(F)F)cc3)C2)cc1. The lowest BCUT2D eigenvalue weighted by atomic mass is 10.1. The van der Waals surface area contributed by atoms with Gasteiger partial charge in [0.05, 0.1) is 12.6 Å². The number of amides is 1. The molecule has 2 atom stereocenters. The Bertz CT molecular complexity index is 781. The quantitative estimate of drug-likeness (QED) is 0.772. The molecule has 1 aliphatic rings. The second-order valence-electron chi connectivity index (χ2n) is 6.84. The summed E-state index contributed by atoms with van der Waals surface area (Å²) in [5, 5.41) is 2.85. The van der Waals surface area contributed by atoms with Crippen LogP contribution in [0.5, 0.6) is 11.5 Å². The molecule has 28 heavy (non-hydrogen) atoms. The van der Waals surface area contributed by atoms with Gasteiger partial charge in [-0.05, 0) is 48.9 Å². The number of carbonyl (C=O) groups excluding carboxylic acids is 1. The third kappa shape index (κ3) is 5.34. The number of rotatable bonds is 7. The fourth-order valence-corrected chi connectivity index (χ4v) is 3.31. The molecular weight excluding hydrogens is 366 g/mol. The van der Waals surface area contributed by atoms with Gasteiger partial charge in [-0.15, -0.1) is 0 Å². The number of halogens is 2. The van der Waals surface area contributed by atoms with Crippen LogP contribution in [-0.4, -0.2) is 31.7 Å². The number of anilines is 1. The Labute approximate surface area is 163 Å². The number of hydrogen-bond acceptors (Lipinski definition) is 4. The molecule has 0 spiro atoms. The number of nitrogens with zero attached hydrogens (tertiary/aromatic N) is 1. The summed E-state index contributed by atoms with van der Waals surface area (Å²) in [5.41, 5.74) is 1.97. The van der Waals surface area contributed by atoms with Crippen LogP contribution in [0.25, 0.3) is 0 Å². The van der Waals surface area contributed by atoms with Gasteiger partial charge in [0.25, 0.3) is 0 Å². The molecule has 0 radical (unpaired) electrons. The van der Waals surface area contributed by atoms with Crippen LogP contribution in [0.15, 0.2) is 48.5 Å². The number of alkyl halides is 2. The van der Waals surface area contributed by atoms with E-state index in [4.69, 9.17) is 4.74 Å². The molecule has 2 unspecified atom stereocenters. The van der Waals surface area contributed by atoms with Gasteiger partial charge in [-0.2, -0.15) is 8.78 Å². The molecule has 0 aromatic heterocycles. The summed E-state index contributed by atoms with van der Waals surface area (Å²) >= 11 is 0. The second kappa shape index (κ2) is 8.91. The third-order valence-corrected chi connectivity index (χ3v) is 4.67. The molecule has 3 rings (SSSR count). The maximum absolute atomic E-state index is 12.2. The molecule has 150 valence electrons. The molecule has 1 heterocycles. The summed E-state index contributed by atoms with van der Waals surface area (Å²) in [7, 11) is 0. The van der Waals surface area contributed by atoms with Gasteiger partial charge in [0, 0.05) is 25.6 Å². The molecule has 0 aliphatic carbocycles. The average molecular weight is 390 g/mol. The number of nitrogens with one attached hydrogen (secondary N) is 1. The molecule has 1 fully saturated rings. The lowest BCUT2D eigenvalue weighted by Gasteiger charge is -2.20. The molecule has 2 aromatic carbocycles. The fourth-order valence-electron chi connectivity index (χ4n) is 3.31. The van der Waals surface area contributed by atoms with Gasteiger partial charge >= 0.3 is 6.61 Å². The fraction of sp³-hybridized carbons (Fsp3) is 0.381. The molecule has 1 amide bonds. The van der Waals surface area contributed by atoms with Gasteiger partial charge in [0.15, 0.2) is 0 Å². The van der Waals surface area contributed by atoms with Crippen LogP contribution in [0.3, 0.4) is 0 Å². The van der Waals surface area contributed by atoms with Crippen LogP contribution in [0.2, 0.25) is 0 Å². The van der Waals surface area contributed by atoms with Crippen molar-refractivity contribution in [2.24, 2.45) is 0 Å². The maximum Gasteiger partial charge on any atom is 0.387 e. The van der Waals surface area contributed by atoms with E-state index in [0.29, 0.717) is 0 Å². The molecule has 1 aliphatic heterocycles. The monoisotopic (exact) mass is 390 g/mol. The molecule has 7 heteroatoms. The first kappa shape index (κ1) is 19.9. The smallest absolute Gasteiger partial charge is 0.387 e. The molecule has 0 saturated carbocycles. The zero-order chi connectivity index (χ0) is 20.1. The minimum absolute atomic E-state index is 0.0504. The van der Waals surface area contributed by atoms with Gasteiger partial charge in [0.1, 0.15) is 17.6 Å². The van der Waals surface area contributed by atoms with Crippen LogP contribution in [0.4, 0.5) is 14.5 Å². The summed E-state index contributed by atoms with van der Waals surface area (Å²) in [6, 6.07) is 14.3. The highest BCUT2D eigenvalue weighted by atomic mass is 19.3. The van der Waals surface area contributed by atoms with Gasteiger partial charge in [-0.25, -0.2) is 0 Å². The Balaban J connectivity index is 1.53. The number of ether oxygens (including phenoxy) is 2. The van der Waals surface area contributed by atoms with E-state index in [0.717, 1.165) is 36.5 Å². The molecule has 1 saturated heterocycles. The van der Waals surface area contributed by atoms with Gasteiger partial charge in [-0.1, -0.05) is 12.1 Å². The highest BCUT2D eigenvalue weighted by molar-refractivity contribution is 5.73. The Morgan fingerprint density at radius 3 is 2.36 bits per heavy atom. The average Bonchev–Trinajstić information content (AvgIpc) is 3.10. The molecule has 2 aromatic rings. The molecule has 5 nitrogen and oxygen atoms in total. The second-order valence-corrected chi connectivity index (χ2v) is 6.84. The van der Waals surface area contributed by atoms with E-state index in [-0.39, 0.29) is 23.8 Å². The van der Waals surface area contributed by atoms with Crippen molar-refractivity contribution < 1.29 is 23.0 Å². The van der Waals surface area contributed by atoms with Crippen LogP contribution in [0.1, 0.15) is 31.9 Å². The summed E-state index contributed by atoms with van der Waals surface area (Å²) in [4.78, 5) is 13.3. The zero-order valence-electron chi connectivity index (χ0n) is 15.9. The van der Waals surface area contributed by atoms with Crippen LogP contribution in [-0.2, 0) is 4.79 Å². The highest BCUT2D eigenvalue weighted by Crippen LogP contribution is 2.26. The number of hydrogen-bond donors (Lipinski definition) is 1. The minimum Gasteiger partial charge on any atom is -0.489 e. The van der Waals surface area contributed by atoms with E-state index < -0.39 is 6.61 Å². The lowest BCUT2D eigenvalue weighted by molar-refractivity contribution is -0.119. The first-order chi connectivity index (χ1) is 13.4. The Morgan fingerprint density at radius 2 is 1.75 bits per heavy atom. The van der Waals surface area contributed by atoms with Crippen molar-refractivity contribution in [3.8, 4) is 11.5 Å². The standard InChI is InChI=1S/C21H24F2N2O3/c1-14(24-15(2)26)16-3-7-18(8-4-16)27-20-11-12-25(13-20)17-5-9-19(10-6-17)28-21(22)23/h3-10,14,20-21H,11-13H2,1-2H3,(H,24,26). The molecule has 0 bridgehead atoms. The van der Waals surface area contributed by atoms with Crippen LogP contribution in [0, 0.1) is 0 Å². The van der Waals surface area contributed by atoms with E-state index in [9.17, 15) is 13.6 Å². The largest absolute Gasteiger partial charge is 0.489 e. The van der Waals surface area contributed by atoms with E-state index in [1.54, 1.807) is 24.3 Å². The van der Waals surface area contributed by atoms with Gasteiger partial charge < -0.3 is 19.7 Å². The minimum atomic E-state index is -2.82. The van der Waals surface area contributed by atoms with Gasteiger partial charge in [0.2, 0.25) is 5.91 Å². The summed E-state index contributed by atoms with van der Waals surface area (Å²) in [6.07, 6.45) is 0.926. The zero-order valence-corrected chi connectivity index (χ0v) is 15.9. The normalized spacial score (nSPS) is 17.5. The summed E-state index contributed by atoms with van der Waals surface area (Å²) < 4.78 is 34.9. The number of carbonyl (C=O) groups is 1. The van der Waals surface area contributed by atoms with Crippen LogP contribution < -0.4 is 19.7 Å². The third-order valence-electron chi connectivity index (χ3n) is 4.67. The predicted molar refractivity (Wildman–Crippen MR) is 103 cm³/mol. The van der Waals surface area contributed by atoms with Crippen molar-refractivity contribution in [1.82, 2.24) is 5.32 Å². The Kier molecular flexibility index (Phi) is 6.34. The van der Waals surface area contributed by atoms with Crippen molar-refractivity contribution in [3.63, 3.8) is 0 Å². The lowest BCUT2D eigenvalue weighted by Crippen LogP contribution is -2.24. The van der Waals surface area contributed by atoms with Crippen molar-refractivity contribution in [3.05, 3.63) is 54.1 Å². The van der Waals surface area contributed by atoms with Crippen molar-refractivity contribution in [1.29, 1.82) is 0 Å². The van der Waals surface area contributed by atoms with E-state index in [1.165, 1.54) is 6.92 Å². The van der Waals surface area contributed by atoms with Crippen molar-refractivity contribution >= 4 is 11.6 Å². The summed E-state index contributed by atoms with van der Waals surface area (Å²) in [6.45, 7) is 2.17. The van der Waals surface area contributed by atoms with E-state index in [1.807, 2.05) is 31.2 Å². The Hall–Kier alpha value is -2.83. The van der Waals surface area contributed by atoms with Crippen LogP contribution >= 0.6 is 0 Å². The molecule has 1 N–H and O–H groups in total. The summed E-state index contributed by atoms with van der Waals surface area (Å²) in [5.74, 6) is 0.873. The van der Waals surface area contributed by atoms with E-state index in [2.05, 4.69) is 15.0 Å². The topological polar surface area (TPSA) is 50.8 Å². The van der Waals surface area contributed by atoms with Crippen molar-refractivity contribution in [2.45, 2.75) is 39.0 Å². The van der Waals surface area contributed by atoms with Gasteiger partial charge in [-0.3, -0.25) is 4.79 Å². The number of benzene rings is 2. The first-order valence-corrected chi connectivity index (χ1v) is 9.24. The van der Waals surface area contributed by atoms with Crippen molar-refractivity contribution in [2.75, 3.05) is 18.0 Å². The first-order valence-electron chi connectivity index (χ1n) is 9.24. The predicted octanol–water partition coefficient (Wildman–Crippen LogP) is 4.14. The Morgan fingerprint density at radius 1 is 1.11 bits per heavy atom. The maximum atomic E-state index is 12.2. The molecular formula is C21H24F2N2O3.